The summed E-state index contributed by atoms with van der Waals surface area (Å²) in [5, 5.41) is 1.09. The van der Waals surface area contributed by atoms with Gasteiger partial charge < -0.3 is 4.90 Å². The van der Waals surface area contributed by atoms with Crippen molar-refractivity contribution in [3.8, 4) is 0 Å². The van der Waals surface area contributed by atoms with E-state index in [1.165, 1.54) is 0 Å². The molecule has 1 aliphatic heterocycles. The van der Waals surface area contributed by atoms with Gasteiger partial charge in [0.15, 0.2) is 0 Å². The lowest BCUT2D eigenvalue weighted by Crippen LogP contribution is -2.33. The fourth-order valence-corrected chi connectivity index (χ4v) is 3.76. The first kappa shape index (κ1) is 14.0. The van der Waals surface area contributed by atoms with Crippen molar-refractivity contribution in [1.82, 2.24) is 4.90 Å². The van der Waals surface area contributed by atoms with Crippen LogP contribution in [0.3, 0.4) is 0 Å². The molecule has 0 aliphatic carbocycles. The summed E-state index contributed by atoms with van der Waals surface area (Å²) in [6, 6.07) is 5.58. The summed E-state index contributed by atoms with van der Waals surface area (Å²) in [6.07, 6.45) is 0. The average Bonchev–Trinajstić information content (AvgIpc) is 2.80. The SMILES string of the molecule is CC(C)C(=O)N1CCS[C@@H]1c1cccc(Cl)c1Cl. The summed E-state index contributed by atoms with van der Waals surface area (Å²) in [7, 11) is 0. The van der Waals surface area contributed by atoms with Gasteiger partial charge in [0.2, 0.25) is 5.91 Å². The van der Waals surface area contributed by atoms with Gasteiger partial charge in [-0.15, -0.1) is 11.8 Å². The molecule has 1 atom stereocenters. The van der Waals surface area contributed by atoms with Crippen LogP contribution in [-0.2, 0) is 4.79 Å². The molecule has 1 amide bonds. The smallest absolute Gasteiger partial charge is 0.226 e. The van der Waals surface area contributed by atoms with Gasteiger partial charge in [0.25, 0.3) is 0 Å². The quantitative estimate of drug-likeness (QED) is 0.815. The molecule has 2 rings (SSSR count). The summed E-state index contributed by atoms with van der Waals surface area (Å²) in [5.41, 5.74) is 0.931. The van der Waals surface area contributed by atoms with E-state index in [4.69, 9.17) is 23.2 Å². The molecule has 0 spiro atoms. The largest absolute Gasteiger partial charge is 0.325 e. The van der Waals surface area contributed by atoms with Crippen molar-refractivity contribution in [3.05, 3.63) is 33.8 Å². The third kappa shape index (κ3) is 2.63. The van der Waals surface area contributed by atoms with Crippen molar-refractivity contribution in [1.29, 1.82) is 0 Å². The minimum absolute atomic E-state index is 0.00385. The van der Waals surface area contributed by atoms with E-state index in [0.717, 1.165) is 17.9 Å². The van der Waals surface area contributed by atoms with Crippen molar-refractivity contribution in [2.24, 2.45) is 5.92 Å². The molecule has 0 unspecified atom stereocenters. The molecule has 1 saturated heterocycles. The third-order valence-electron chi connectivity index (χ3n) is 2.92. The van der Waals surface area contributed by atoms with Gasteiger partial charge in [-0.1, -0.05) is 49.2 Å². The topological polar surface area (TPSA) is 20.3 Å². The number of amides is 1. The predicted molar refractivity (Wildman–Crippen MR) is 78.2 cm³/mol. The lowest BCUT2D eigenvalue weighted by atomic mass is 10.1. The van der Waals surface area contributed by atoms with Crippen LogP contribution in [0.4, 0.5) is 0 Å². The number of halogens is 2. The van der Waals surface area contributed by atoms with E-state index in [-0.39, 0.29) is 17.2 Å². The number of hydrogen-bond acceptors (Lipinski definition) is 2. The average molecular weight is 304 g/mol. The lowest BCUT2D eigenvalue weighted by molar-refractivity contribution is -0.134. The second kappa shape index (κ2) is 5.72. The Labute approximate surface area is 122 Å². The Morgan fingerprint density at radius 1 is 1.44 bits per heavy atom. The Hall–Kier alpha value is -0.380. The van der Waals surface area contributed by atoms with E-state index in [2.05, 4.69) is 0 Å². The maximum absolute atomic E-state index is 12.2. The Kier molecular flexibility index (Phi) is 4.46. The highest BCUT2D eigenvalue weighted by Crippen LogP contribution is 2.43. The number of hydrogen-bond donors (Lipinski definition) is 0. The number of thioether (sulfide) groups is 1. The van der Waals surface area contributed by atoms with Gasteiger partial charge >= 0.3 is 0 Å². The summed E-state index contributed by atoms with van der Waals surface area (Å²) >= 11 is 14.0. The van der Waals surface area contributed by atoms with Crippen LogP contribution < -0.4 is 0 Å². The zero-order chi connectivity index (χ0) is 13.3. The Bertz CT molecular complexity index is 464. The minimum Gasteiger partial charge on any atom is -0.325 e. The Morgan fingerprint density at radius 2 is 2.17 bits per heavy atom. The second-order valence-electron chi connectivity index (χ2n) is 4.55. The highest BCUT2D eigenvalue weighted by atomic mass is 35.5. The highest BCUT2D eigenvalue weighted by Gasteiger charge is 2.33. The van der Waals surface area contributed by atoms with E-state index in [1.54, 1.807) is 17.8 Å². The first-order chi connectivity index (χ1) is 8.52. The first-order valence-corrected chi connectivity index (χ1v) is 7.69. The minimum atomic E-state index is -0.00824. The van der Waals surface area contributed by atoms with Crippen LogP contribution >= 0.6 is 35.0 Å². The van der Waals surface area contributed by atoms with Gasteiger partial charge in [0.1, 0.15) is 5.37 Å². The zero-order valence-corrected chi connectivity index (χ0v) is 12.6. The highest BCUT2D eigenvalue weighted by molar-refractivity contribution is 7.99. The number of nitrogens with zero attached hydrogens (tertiary/aromatic N) is 1. The van der Waals surface area contributed by atoms with Crippen molar-refractivity contribution in [2.45, 2.75) is 19.2 Å². The van der Waals surface area contributed by atoms with E-state index < -0.39 is 0 Å². The standard InChI is InChI=1S/C13H15Cl2NOS/c1-8(2)12(17)16-6-7-18-13(16)9-4-3-5-10(14)11(9)15/h3-5,8,13H,6-7H2,1-2H3/t13-/m1/s1. The molecule has 0 bridgehead atoms. The molecule has 1 aromatic carbocycles. The fraction of sp³-hybridized carbons (Fsp3) is 0.462. The number of benzene rings is 1. The lowest BCUT2D eigenvalue weighted by Gasteiger charge is -2.26. The van der Waals surface area contributed by atoms with Gasteiger partial charge in [-0.05, 0) is 6.07 Å². The molecule has 1 aromatic rings. The fourth-order valence-electron chi connectivity index (χ4n) is 2.00. The monoisotopic (exact) mass is 303 g/mol. The summed E-state index contributed by atoms with van der Waals surface area (Å²) in [5.74, 6) is 1.11. The molecule has 0 radical (unpaired) electrons. The third-order valence-corrected chi connectivity index (χ3v) is 4.99. The zero-order valence-electron chi connectivity index (χ0n) is 10.3. The van der Waals surface area contributed by atoms with Crippen LogP contribution in [-0.4, -0.2) is 23.1 Å². The van der Waals surface area contributed by atoms with Crippen molar-refractivity contribution in [2.75, 3.05) is 12.3 Å². The van der Waals surface area contributed by atoms with Crippen LogP contribution in [0.2, 0.25) is 10.0 Å². The van der Waals surface area contributed by atoms with Crippen molar-refractivity contribution in [3.63, 3.8) is 0 Å². The van der Waals surface area contributed by atoms with E-state index in [9.17, 15) is 4.79 Å². The predicted octanol–water partition coefficient (Wildman–Crippen LogP) is 4.22. The van der Waals surface area contributed by atoms with Crippen molar-refractivity contribution < 1.29 is 4.79 Å². The van der Waals surface area contributed by atoms with Gasteiger partial charge in [-0.3, -0.25) is 4.79 Å². The number of rotatable bonds is 2. The Morgan fingerprint density at radius 3 is 2.83 bits per heavy atom. The molecule has 18 heavy (non-hydrogen) atoms. The molecule has 5 heteroatoms. The van der Waals surface area contributed by atoms with E-state index >= 15 is 0 Å². The molecular weight excluding hydrogens is 289 g/mol. The number of carbonyl (C=O) groups excluding carboxylic acids is 1. The summed E-state index contributed by atoms with van der Waals surface area (Å²) in [4.78, 5) is 14.1. The maximum Gasteiger partial charge on any atom is 0.226 e. The number of carbonyl (C=O) groups is 1. The normalized spacial score (nSPS) is 19.6. The summed E-state index contributed by atoms with van der Waals surface area (Å²) < 4.78 is 0. The van der Waals surface area contributed by atoms with Gasteiger partial charge in [-0.25, -0.2) is 0 Å². The molecule has 2 nitrogen and oxygen atoms in total. The van der Waals surface area contributed by atoms with Gasteiger partial charge in [0.05, 0.1) is 10.0 Å². The Balaban J connectivity index is 2.32. The molecule has 0 aromatic heterocycles. The molecular formula is C13H15Cl2NOS. The van der Waals surface area contributed by atoms with Gasteiger partial charge in [-0.2, -0.15) is 0 Å². The maximum atomic E-state index is 12.2. The van der Waals surface area contributed by atoms with E-state index in [1.807, 2.05) is 30.9 Å². The molecule has 1 fully saturated rings. The van der Waals surface area contributed by atoms with Crippen LogP contribution in [0.15, 0.2) is 18.2 Å². The second-order valence-corrected chi connectivity index (χ2v) is 6.53. The molecule has 0 N–H and O–H groups in total. The molecule has 0 saturated carbocycles. The van der Waals surface area contributed by atoms with Gasteiger partial charge in [0, 0.05) is 23.8 Å². The van der Waals surface area contributed by atoms with E-state index in [0.29, 0.717) is 10.0 Å². The van der Waals surface area contributed by atoms with Crippen molar-refractivity contribution >= 4 is 40.9 Å². The first-order valence-electron chi connectivity index (χ1n) is 5.88. The van der Waals surface area contributed by atoms with Crippen LogP contribution in [0.25, 0.3) is 0 Å². The molecule has 1 aliphatic rings. The molecule has 98 valence electrons. The van der Waals surface area contributed by atoms with Crippen LogP contribution in [0.1, 0.15) is 24.8 Å². The van der Waals surface area contributed by atoms with Crippen LogP contribution in [0.5, 0.6) is 0 Å². The summed E-state index contributed by atoms with van der Waals surface area (Å²) in [6.45, 7) is 4.61. The molecule has 1 heterocycles. The van der Waals surface area contributed by atoms with Crippen LogP contribution in [0, 0.1) is 5.92 Å².